The van der Waals surface area contributed by atoms with E-state index in [0.717, 1.165) is 12.5 Å². The number of imidazole rings is 1. The van der Waals surface area contributed by atoms with Crippen molar-refractivity contribution in [3.8, 4) is 0 Å². The van der Waals surface area contributed by atoms with Crippen molar-refractivity contribution in [2.24, 2.45) is 11.1 Å². The number of halogens is 1. The number of carbonyl (C=O) groups is 1. The summed E-state index contributed by atoms with van der Waals surface area (Å²) in [6, 6.07) is 3.55. The Labute approximate surface area is 193 Å². The third-order valence-corrected chi connectivity index (χ3v) is 7.90. The molecular formula is C24H33FN6O2. The molecule has 1 amide bonds. The predicted octanol–water partition coefficient (Wildman–Crippen LogP) is 4.38. The molecule has 178 valence electrons. The maximum absolute atomic E-state index is 15.7. The minimum atomic E-state index is -1.76. The molecule has 0 bridgehead atoms. The number of alkyl halides is 1. The molecule has 2 aromatic heterocycles. The van der Waals surface area contributed by atoms with Gasteiger partial charge in [-0.15, -0.1) is 4.91 Å². The molecule has 8 nitrogen and oxygen atoms in total. The van der Waals surface area contributed by atoms with Gasteiger partial charge in [0.05, 0.1) is 0 Å². The highest BCUT2D eigenvalue weighted by Gasteiger charge is 2.45. The van der Waals surface area contributed by atoms with Crippen LogP contribution in [0.4, 0.5) is 10.3 Å². The number of carbonyl (C=O) groups excluding carboxylic acids is 1. The summed E-state index contributed by atoms with van der Waals surface area (Å²) in [7, 11) is 0. The Morgan fingerprint density at radius 1 is 1.09 bits per heavy atom. The number of nitroso groups, excluding NO2 is 1. The fraction of sp³-hybridized carbons (Fsp3) is 0.708. The van der Waals surface area contributed by atoms with Crippen LogP contribution < -0.4 is 0 Å². The van der Waals surface area contributed by atoms with Crippen molar-refractivity contribution in [2.75, 3.05) is 32.7 Å². The zero-order chi connectivity index (χ0) is 22.8. The van der Waals surface area contributed by atoms with E-state index >= 15 is 4.39 Å². The van der Waals surface area contributed by atoms with E-state index in [1.165, 1.54) is 32.1 Å². The standard InChI is InChI=1S/C24H33FN6O2/c25-24(10-15-29(16-11-24)17-18-5-2-1-3-6-18)22(32)30-13-8-19(9-14-30)31-21-20(7-4-12-26-21)27-23(31)28-33/h4,7,12,18-19H,1-3,5-6,8-11,13-17H2. The Morgan fingerprint density at radius 2 is 1.82 bits per heavy atom. The number of nitrogens with zero attached hydrogens (tertiary/aromatic N) is 6. The van der Waals surface area contributed by atoms with Crippen molar-refractivity contribution in [1.29, 1.82) is 0 Å². The fourth-order valence-electron chi connectivity index (χ4n) is 5.97. The van der Waals surface area contributed by atoms with Crippen molar-refractivity contribution >= 4 is 23.0 Å². The lowest BCUT2D eigenvalue weighted by Gasteiger charge is -2.41. The molecule has 2 aliphatic heterocycles. The second kappa shape index (κ2) is 9.44. The second-order valence-electron chi connectivity index (χ2n) is 10.0. The molecule has 4 heterocycles. The van der Waals surface area contributed by atoms with Crippen LogP contribution in [0.15, 0.2) is 23.5 Å². The van der Waals surface area contributed by atoms with Gasteiger partial charge >= 0.3 is 0 Å². The van der Waals surface area contributed by atoms with Crippen molar-refractivity contribution in [3.05, 3.63) is 23.2 Å². The number of aromatic nitrogens is 3. The van der Waals surface area contributed by atoms with Crippen LogP contribution >= 0.6 is 0 Å². The number of amides is 1. The minimum Gasteiger partial charge on any atom is -0.340 e. The highest BCUT2D eigenvalue weighted by molar-refractivity contribution is 5.85. The maximum Gasteiger partial charge on any atom is 0.274 e. The Morgan fingerprint density at radius 3 is 2.52 bits per heavy atom. The summed E-state index contributed by atoms with van der Waals surface area (Å²) in [5, 5.41) is 3.09. The van der Waals surface area contributed by atoms with E-state index in [9.17, 15) is 9.70 Å². The fourth-order valence-corrected chi connectivity index (χ4v) is 5.97. The minimum absolute atomic E-state index is 0.0328. The van der Waals surface area contributed by atoms with E-state index in [1.54, 1.807) is 27.8 Å². The molecule has 9 heteroatoms. The van der Waals surface area contributed by atoms with Crippen LogP contribution in [-0.4, -0.2) is 68.6 Å². The van der Waals surface area contributed by atoms with Gasteiger partial charge < -0.3 is 9.80 Å². The van der Waals surface area contributed by atoms with Crippen molar-refractivity contribution in [3.63, 3.8) is 0 Å². The first-order valence-electron chi connectivity index (χ1n) is 12.4. The Bertz CT molecular complexity index is 988. The summed E-state index contributed by atoms with van der Waals surface area (Å²) in [5.74, 6) is 0.487. The Kier molecular flexibility index (Phi) is 6.40. The summed E-state index contributed by atoms with van der Waals surface area (Å²) >= 11 is 0. The van der Waals surface area contributed by atoms with Gasteiger partial charge in [0, 0.05) is 63.0 Å². The molecule has 0 unspecified atom stereocenters. The van der Waals surface area contributed by atoms with Crippen molar-refractivity contribution < 1.29 is 9.18 Å². The molecule has 5 rings (SSSR count). The number of fused-ring (bicyclic) bond motifs is 1. The predicted molar refractivity (Wildman–Crippen MR) is 124 cm³/mol. The first kappa shape index (κ1) is 22.4. The number of likely N-dealkylation sites (tertiary alicyclic amines) is 2. The van der Waals surface area contributed by atoms with E-state index in [4.69, 9.17) is 0 Å². The van der Waals surface area contributed by atoms with Gasteiger partial charge in [-0.1, -0.05) is 19.3 Å². The first-order valence-corrected chi connectivity index (χ1v) is 12.4. The lowest BCUT2D eigenvalue weighted by molar-refractivity contribution is -0.149. The topological polar surface area (TPSA) is 83.7 Å². The van der Waals surface area contributed by atoms with Gasteiger partial charge in [0.15, 0.2) is 11.3 Å². The number of hydrogen-bond acceptors (Lipinski definition) is 6. The average molecular weight is 457 g/mol. The van der Waals surface area contributed by atoms with E-state index < -0.39 is 5.67 Å². The molecular weight excluding hydrogens is 423 g/mol. The molecule has 2 aromatic rings. The summed E-state index contributed by atoms with van der Waals surface area (Å²) in [5.41, 5.74) is -0.494. The van der Waals surface area contributed by atoms with E-state index in [2.05, 4.69) is 20.0 Å². The molecule has 3 aliphatic rings. The molecule has 2 saturated heterocycles. The molecule has 0 radical (unpaired) electrons. The third kappa shape index (κ3) is 4.52. The van der Waals surface area contributed by atoms with Crippen LogP contribution in [0.5, 0.6) is 0 Å². The van der Waals surface area contributed by atoms with E-state index in [1.807, 2.05) is 0 Å². The van der Waals surface area contributed by atoms with Crippen molar-refractivity contribution in [1.82, 2.24) is 24.3 Å². The number of pyridine rings is 1. The van der Waals surface area contributed by atoms with Crippen LogP contribution in [-0.2, 0) is 4.79 Å². The molecule has 1 aliphatic carbocycles. The van der Waals surface area contributed by atoms with Crippen LogP contribution in [0.3, 0.4) is 0 Å². The Hall–Kier alpha value is -2.42. The monoisotopic (exact) mass is 456 g/mol. The lowest BCUT2D eigenvalue weighted by atomic mass is 9.86. The maximum atomic E-state index is 15.7. The average Bonchev–Trinajstić information content (AvgIpc) is 3.24. The quantitative estimate of drug-likeness (QED) is 0.624. The second-order valence-corrected chi connectivity index (χ2v) is 10.0. The van der Waals surface area contributed by atoms with Gasteiger partial charge in [0.1, 0.15) is 5.52 Å². The highest BCUT2D eigenvalue weighted by Crippen LogP contribution is 2.35. The molecule has 33 heavy (non-hydrogen) atoms. The Balaban J connectivity index is 1.18. The zero-order valence-corrected chi connectivity index (χ0v) is 19.2. The SMILES string of the molecule is O=Nc1nc2cccnc2n1C1CCN(C(=O)C2(F)CCN(CC3CCCCC3)CC2)CC1. The summed E-state index contributed by atoms with van der Waals surface area (Å²) in [6.45, 7) is 3.31. The molecule has 0 spiro atoms. The van der Waals surface area contributed by atoms with Gasteiger partial charge in [-0.05, 0) is 43.7 Å². The molecule has 0 atom stereocenters. The van der Waals surface area contributed by atoms with Gasteiger partial charge in [0.25, 0.3) is 11.9 Å². The van der Waals surface area contributed by atoms with Gasteiger partial charge in [0.2, 0.25) is 0 Å². The van der Waals surface area contributed by atoms with Crippen LogP contribution in [0.1, 0.15) is 63.8 Å². The summed E-state index contributed by atoms with van der Waals surface area (Å²) < 4.78 is 17.5. The largest absolute Gasteiger partial charge is 0.340 e. The molecule has 3 fully saturated rings. The summed E-state index contributed by atoms with van der Waals surface area (Å²) in [4.78, 5) is 37.1. The number of hydrogen-bond donors (Lipinski definition) is 0. The molecule has 0 N–H and O–H groups in total. The number of rotatable bonds is 5. The number of piperidine rings is 2. The van der Waals surface area contributed by atoms with Gasteiger partial charge in [-0.3, -0.25) is 9.36 Å². The third-order valence-electron chi connectivity index (χ3n) is 7.90. The van der Waals surface area contributed by atoms with Gasteiger partial charge in [-0.25, -0.2) is 14.4 Å². The smallest absolute Gasteiger partial charge is 0.274 e. The lowest BCUT2D eigenvalue weighted by Crippen LogP contribution is -2.54. The first-order chi connectivity index (χ1) is 16.1. The highest BCUT2D eigenvalue weighted by atomic mass is 19.1. The van der Waals surface area contributed by atoms with Crippen LogP contribution in [0.25, 0.3) is 11.2 Å². The zero-order valence-electron chi connectivity index (χ0n) is 19.2. The van der Waals surface area contributed by atoms with Crippen molar-refractivity contribution in [2.45, 2.75) is 69.5 Å². The normalized spacial score (nSPS) is 23.1. The summed E-state index contributed by atoms with van der Waals surface area (Å²) in [6.07, 6.45) is 10.0. The van der Waals surface area contributed by atoms with Crippen LogP contribution in [0, 0.1) is 10.8 Å². The van der Waals surface area contributed by atoms with Gasteiger partial charge in [-0.2, -0.15) is 0 Å². The molecule has 1 saturated carbocycles. The van der Waals surface area contributed by atoms with E-state index in [-0.39, 0.29) is 30.7 Å². The van der Waals surface area contributed by atoms with E-state index in [0.29, 0.717) is 50.2 Å². The molecule has 0 aromatic carbocycles. The van der Waals surface area contributed by atoms with Crippen LogP contribution in [0.2, 0.25) is 0 Å².